The van der Waals surface area contributed by atoms with Crippen LogP contribution in [0, 0.1) is 5.92 Å². The summed E-state index contributed by atoms with van der Waals surface area (Å²) >= 11 is 0. The van der Waals surface area contributed by atoms with Crippen molar-refractivity contribution < 1.29 is 23.4 Å². The highest BCUT2D eigenvalue weighted by Gasteiger charge is 2.20. The van der Waals surface area contributed by atoms with Crippen LogP contribution in [0.4, 0.5) is 8.78 Å². The molecule has 1 saturated heterocycles. The third-order valence-electron chi connectivity index (χ3n) is 3.92. The highest BCUT2D eigenvalue weighted by Crippen LogP contribution is 2.23. The van der Waals surface area contributed by atoms with Crippen LogP contribution in [0.3, 0.4) is 0 Å². The third-order valence-corrected chi connectivity index (χ3v) is 3.92. The number of rotatable bonds is 7. The smallest absolute Gasteiger partial charge is 0.387 e. The van der Waals surface area contributed by atoms with Crippen LogP contribution < -0.4 is 4.74 Å². The molecule has 1 aromatic rings. The summed E-state index contributed by atoms with van der Waals surface area (Å²) < 4.78 is 28.5. The topological polar surface area (TPSA) is 49.8 Å². The lowest BCUT2D eigenvalue weighted by atomic mass is 9.93. The van der Waals surface area contributed by atoms with Crippen molar-refractivity contribution in [3.8, 4) is 5.75 Å². The standard InChI is InChI=1S/C16H21F2NO3/c17-16(18)22-14-6-3-13(4-7-14)11-19-9-1-2-12(10-19)5-8-15(20)21/h3-4,6-7,12,16H,1-2,5,8-11H2,(H,20,21). The molecule has 0 amide bonds. The Bertz CT molecular complexity index is 479. The van der Waals surface area contributed by atoms with E-state index in [2.05, 4.69) is 9.64 Å². The van der Waals surface area contributed by atoms with Crippen LogP contribution in [-0.2, 0) is 11.3 Å². The molecule has 0 bridgehead atoms. The van der Waals surface area contributed by atoms with Gasteiger partial charge in [0.25, 0.3) is 0 Å². The molecule has 22 heavy (non-hydrogen) atoms. The molecule has 1 fully saturated rings. The van der Waals surface area contributed by atoms with Gasteiger partial charge in [-0.2, -0.15) is 8.78 Å². The van der Waals surface area contributed by atoms with Crippen molar-refractivity contribution in [1.29, 1.82) is 0 Å². The lowest BCUT2D eigenvalue weighted by Gasteiger charge is -2.32. The monoisotopic (exact) mass is 313 g/mol. The number of alkyl halides is 2. The van der Waals surface area contributed by atoms with Crippen molar-refractivity contribution in [2.24, 2.45) is 5.92 Å². The molecule has 1 aromatic carbocycles. The van der Waals surface area contributed by atoms with Crippen LogP contribution in [0.2, 0.25) is 0 Å². The summed E-state index contributed by atoms with van der Waals surface area (Å²) in [5, 5.41) is 8.75. The molecule has 0 aromatic heterocycles. The highest BCUT2D eigenvalue weighted by molar-refractivity contribution is 5.66. The van der Waals surface area contributed by atoms with Gasteiger partial charge < -0.3 is 9.84 Å². The minimum Gasteiger partial charge on any atom is -0.481 e. The zero-order chi connectivity index (χ0) is 15.9. The molecule has 6 heteroatoms. The Labute approximate surface area is 128 Å². The summed E-state index contributed by atoms with van der Waals surface area (Å²) in [6.45, 7) is -0.178. The van der Waals surface area contributed by atoms with Gasteiger partial charge in [0.05, 0.1) is 0 Å². The quantitative estimate of drug-likeness (QED) is 0.838. The molecule has 0 spiro atoms. The molecule has 1 aliphatic heterocycles. The number of nitrogens with zero attached hydrogens (tertiary/aromatic N) is 1. The minimum atomic E-state index is -2.80. The Hall–Kier alpha value is -1.69. The molecule has 0 saturated carbocycles. The molecule has 122 valence electrons. The van der Waals surface area contributed by atoms with Gasteiger partial charge >= 0.3 is 12.6 Å². The van der Waals surface area contributed by atoms with Crippen molar-refractivity contribution in [2.75, 3.05) is 13.1 Å². The first-order valence-corrected chi connectivity index (χ1v) is 7.51. The second-order valence-electron chi connectivity index (χ2n) is 5.70. The number of carboxylic acid groups (broad SMARTS) is 1. The molecule has 0 aliphatic carbocycles. The van der Waals surface area contributed by atoms with E-state index in [-0.39, 0.29) is 12.2 Å². The van der Waals surface area contributed by atoms with E-state index in [1.165, 1.54) is 0 Å². The summed E-state index contributed by atoms with van der Waals surface area (Å²) in [5.74, 6) is -0.158. The second kappa shape index (κ2) is 8.08. The van der Waals surface area contributed by atoms with E-state index >= 15 is 0 Å². The number of carbonyl (C=O) groups is 1. The van der Waals surface area contributed by atoms with Gasteiger partial charge in [0.2, 0.25) is 0 Å². The van der Waals surface area contributed by atoms with Gasteiger partial charge in [-0.3, -0.25) is 9.69 Å². The molecule has 1 atom stereocenters. The molecule has 2 rings (SSSR count). The molecular formula is C16H21F2NO3. The van der Waals surface area contributed by atoms with E-state index in [0.29, 0.717) is 12.3 Å². The Morgan fingerprint density at radius 3 is 2.73 bits per heavy atom. The molecule has 0 radical (unpaired) electrons. The van der Waals surface area contributed by atoms with Gasteiger partial charge in [-0.05, 0) is 49.4 Å². The average Bonchev–Trinajstić information content (AvgIpc) is 2.47. The Balaban J connectivity index is 1.83. The van der Waals surface area contributed by atoms with E-state index < -0.39 is 12.6 Å². The fourth-order valence-electron chi connectivity index (χ4n) is 2.89. The van der Waals surface area contributed by atoms with Gasteiger partial charge in [-0.15, -0.1) is 0 Å². The van der Waals surface area contributed by atoms with Crippen molar-refractivity contribution in [3.63, 3.8) is 0 Å². The predicted octanol–water partition coefficient (Wildman–Crippen LogP) is 3.36. The number of aliphatic carboxylic acids is 1. The maximum Gasteiger partial charge on any atom is 0.387 e. The second-order valence-corrected chi connectivity index (χ2v) is 5.70. The largest absolute Gasteiger partial charge is 0.481 e. The van der Waals surface area contributed by atoms with E-state index in [1.54, 1.807) is 24.3 Å². The number of likely N-dealkylation sites (tertiary alicyclic amines) is 1. The SMILES string of the molecule is O=C(O)CCC1CCCN(Cc2ccc(OC(F)F)cc2)C1. The van der Waals surface area contributed by atoms with Crippen LogP contribution in [-0.4, -0.2) is 35.7 Å². The van der Waals surface area contributed by atoms with Crippen molar-refractivity contribution in [1.82, 2.24) is 4.90 Å². The van der Waals surface area contributed by atoms with Gasteiger partial charge in [-0.25, -0.2) is 0 Å². The number of benzene rings is 1. The Morgan fingerprint density at radius 1 is 1.36 bits per heavy atom. The lowest BCUT2D eigenvalue weighted by Crippen LogP contribution is -2.35. The summed E-state index contributed by atoms with van der Waals surface area (Å²) in [5.41, 5.74) is 1.04. The van der Waals surface area contributed by atoms with Crippen LogP contribution in [0.1, 0.15) is 31.2 Å². The van der Waals surface area contributed by atoms with Gasteiger partial charge in [0.1, 0.15) is 5.75 Å². The average molecular weight is 313 g/mol. The molecule has 1 N–H and O–H groups in total. The van der Waals surface area contributed by atoms with E-state index in [4.69, 9.17) is 5.11 Å². The zero-order valence-electron chi connectivity index (χ0n) is 12.4. The maximum atomic E-state index is 12.1. The molecule has 1 unspecified atom stereocenters. The van der Waals surface area contributed by atoms with Crippen molar-refractivity contribution in [2.45, 2.75) is 38.8 Å². The lowest BCUT2D eigenvalue weighted by molar-refractivity contribution is -0.137. The van der Waals surface area contributed by atoms with Gasteiger partial charge in [0.15, 0.2) is 0 Å². The van der Waals surface area contributed by atoms with Gasteiger partial charge in [-0.1, -0.05) is 12.1 Å². The fourth-order valence-corrected chi connectivity index (χ4v) is 2.89. The van der Waals surface area contributed by atoms with E-state index in [0.717, 1.165) is 38.0 Å². The van der Waals surface area contributed by atoms with E-state index in [9.17, 15) is 13.6 Å². The van der Waals surface area contributed by atoms with Crippen LogP contribution in [0.15, 0.2) is 24.3 Å². The number of piperidine rings is 1. The number of carboxylic acids is 1. The first kappa shape index (κ1) is 16.7. The molecule has 1 heterocycles. The highest BCUT2D eigenvalue weighted by atomic mass is 19.3. The molecule has 4 nitrogen and oxygen atoms in total. The maximum absolute atomic E-state index is 12.1. The number of hydrogen-bond acceptors (Lipinski definition) is 3. The summed E-state index contributed by atoms with van der Waals surface area (Å²) in [4.78, 5) is 12.9. The number of ether oxygens (including phenoxy) is 1. The fraction of sp³-hybridized carbons (Fsp3) is 0.562. The van der Waals surface area contributed by atoms with Gasteiger partial charge in [0, 0.05) is 19.5 Å². The third kappa shape index (κ3) is 5.60. The van der Waals surface area contributed by atoms with Crippen molar-refractivity contribution >= 4 is 5.97 Å². The Kier molecular flexibility index (Phi) is 6.12. The first-order chi connectivity index (χ1) is 10.5. The van der Waals surface area contributed by atoms with Crippen molar-refractivity contribution in [3.05, 3.63) is 29.8 Å². The summed E-state index contributed by atoms with van der Waals surface area (Å²) in [6, 6.07) is 6.68. The van der Waals surface area contributed by atoms with Crippen LogP contribution >= 0.6 is 0 Å². The molecular weight excluding hydrogens is 292 g/mol. The van der Waals surface area contributed by atoms with Crippen LogP contribution in [0.5, 0.6) is 5.75 Å². The zero-order valence-corrected chi connectivity index (χ0v) is 12.4. The Morgan fingerprint density at radius 2 is 2.09 bits per heavy atom. The predicted molar refractivity (Wildman–Crippen MR) is 77.9 cm³/mol. The van der Waals surface area contributed by atoms with Crippen LogP contribution in [0.25, 0.3) is 0 Å². The number of hydrogen-bond donors (Lipinski definition) is 1. The normalized spacial score (nSPS) is 19.3. The summed E-state index contributed by atoms with van der Waals surface area (Å²) in [6.07, 6.45) is 3.08. The molecule has 1 aliphatic rings. The summed E-state index contributed by atoms with van der Waals surface area (Å²) in [7, 11) is 0. The minimum absolute atomic E-state index is 0.164. The number of halogens is 2. The first-order valence-electron chi connectivity index (χ1n) is 7.51. The van der Waals surface area contributed by atoms with E-state index in [1.807, 2.05) is 0 Å².